The molecular formula is C27H34N3O4S-. The Morgan fingerprint density at radius 2 is 1.80 bits per heavy atom. The molecule has 2 aromatic carbocycles. The van der Waals surface area contributed by atoms with Crippen molar-refractivity contribution in [1.29, 1.82) is 0 Å². The van der Waals surface area contributed by atoms with E-state index in [1.807, 2.05) is 43.5 Å². The Labute approximate surface area is 208 Å². The van der Waals surface area contributed by atoms with Gasteiger partial charge in [0.05, 0.1) is 4.90 Å². The predicted molar refractivity (Wildman–Crippen MR) is 137 cm³/mol. The summed E-state index contributed by atoms with van der Waals surface area (Å²) in [4.78, 5) is 4.43. The van der Waals surface area contributed by atoms with Gasteiger partial charge in [-0.1, -0.05) is 70.9 Å². The van der Waals surface area contributed by atoms with Gasteiger partial charge in [0.25, 0.3) is 10.0 Å². The van der Waals surface area contributed by atoms with Crippen LogP contribution >= 0.6 is 0 Å². The van der Waals surface area contributed by atoms with Gasteiger partial charge in [-0.2, -0.15) is 8.42 Å². The van der Waals surface area contributed by atoms with Gasteiger partial charge in [-0.15, -0.1) is 4.40 Å². The molecule has 3 aromatic rings. The van der Waals surface area contributed by atoms with Crippen LogP contribution in [0.1, 0.15) is 69.8 Å². The molecule has 0 unspecified atom stereocenters. The van der Waals surface area contributed by atoms with Gasteiger partial charge in [-0.25, -0.2) is 4.98 Å². The number of rotatable bonds is 11. The van der Waals surface area contributed by atoms with Crippen molar-refractivity contribution >= 4 is 16.1 Å². The smallest absolute Gasteiger partial charge is 0.284 e. The van der Waals surface area contributed by atoms with Crippen molar-refractivity contribution in [2.45, 2.75) is 70.7 Å². The molecule has 188 valence electrons. The second-order valence-corrected chi connectivity index (χ2v) is 10.5. The lowest BCUT2D eigenvalue weighted by atomic mass is 10.00. The van der Waals surface area contributed by atoms with E-state index >= 15 is 0 Å². The molecule has 1 heterocycles. The van der Waals surface area contributed by atoms with E-state index in [0.29, 0.717) is 24.4 Å². The van der Waals surface area contributed by atoms with Crippen molar-refractivity contribution < 1.29 is 18.3 Å². The number of aromatic nitrogens is 2. The molecule has 0 amide bonds. The average molecular weight is 497 g/mol. The second kappa shape index (κ2) is 12.0. The van der Waals surface area contributed by atoms with Crippen molar-refractivity contribution in [1.82, 2.24) is 9.55 Å². The summed E-state index contributed by atoms with van der Waals surface area (Å²) in [6, 6.07) is 13.0. The first-order valence-electron chi connectivity index (χ1n) is 12.1. The Morgan fingerprint density at radius 3 is 2.46 bits per heavy atom. The van der Waals surface area contributed by atoms with Gasteiger partial charge in [0, 0.05) is 30.4 Å². The summed E-state index contributed by atoms with van der Waals surface area (Å²) in [5, 5.41) is 12.0. The molecule has 0 aliphatic rings. The van der Waals surface area contributed by atoms with Crippen LogP contribution in [0.5, 0.6) is 0 Å². The molecule has 3 rings (SSSR count). The van der Waals surface area contributed by atoms with Crippen LogP contribution in [0.4, 0.5) is 0 Å². The van der Waals surface area contributed by atoms with Crippen LogP contribution in [-0.4, -0.2) is 30.7 Å². The first kappa shape index (κ1) is 26.5. The third kappa shape index (κ3) is 6.94. The van der Waals surface area contributed by atoms with Gasteiger partial charge >= 0.3 is 0 Å². The molecule has 0 aliphatic carbocycles. The highest BCUT2D eigenvalue weighted by Crippen LogP contribution is 2.31. The average Bonchev–Trinajstić information content (AvgIpc) is 3.28. The SMILES string of the molecule is CCCCO/C([O-])=N/S(=O)(=O)c1ccc(CCC)cc1-c1ccc(Cn2ccnc2C(C)C)cc1. The zero-order valence-electron chi connectivity index (χ0n) is 20.9. The maximum atomic E-state index is 13.0. The molecule has 0 fully saturated rings. The molecule has 0 saturated heterocycles. The molecule has 0 bridgehead atoms. The summed E-state index contributed by atoms with van der Waals surface area (Å²) in [5.41, 5.74) is 3.37. The highest BCUT2D eigenvalue weighted by atomic mass is 32.2. The fraction of sp³-hybridized carbons (Fsp3) is 0.407. The molecule has 8 heteroatoms. The largest absolute Gasteiger partial charge is 0.600 e. The Balaban J connectivity index is 1.94. The molecule has 1 aromatic heterocycles. The maximum Gasteiger partial charge on any atom is 0.284 e. The van der Waals surface area contributed by atoms with Crippen molar-refractivity contribution in [3.05, 3.63) is 71.8 Å². The zero-order chi connectivity index (χ0) is 25.4. The third-order valence-electron chi connectivity index (χ3n) is 5.66. The van der Waals surface area contributed by atoms with Crippen LogP contribution < -0.4 is 5.11 Å². The summed E-state index contributed by atoms with van der Waals surface area (Å²) in [6.07, 6.45) is 5.92. The number of sulfonamides is 1. The van der Waals surface area contributed by atoms with Crippen LogP contribution in [0, 0.1) is 0 Å². The molecule has 0 saturated carbocycles. The molecule has 35 heavy (non-hydrogen) atoms. The Morgan fingerprint density at radius 1 is 1.09 bits per heavy atom. The van der Waals surface area contributed by atoms with Crippen LogP contribution in [0.25, 0.3) is 11.1 Å². The number of hydrogen-bond acceptors (Lipinski definition) is 5. The van der Waals surface area contributed by atoms with Gasteiger partial charge in [-0.3, -0.25) is 0 Å². The lowest BCUT2D eigenvalue weighted by molar-refractivity contribution is -0.249. The number of ether oxygens (including phenoxy) is 1. The summed E-state index contributed by atoms with van der Waals surface area (Å²) in [5.74, 6) is 1.33. The first-order valence-corrected chi connectivity index (χ1v) is 13.6. The van der Waals surface area contributed by atoms with Gasteiger partial charge in [0.1, 0.15) is 5.82 Å². The van der Waals surface area contributed by atoms with Gasteiger partial charge < -0.3 is 14.4 Å². The minimum Gasteiger partial charge on any atom is -0.600 e. The Kier molecular flexibility index (Phi) is 9.09. The van der Waals surface area contributed by atoms with Crippen molar-refractivity contribution in [3.63, 3.8) is 0 Å². The number of hydrogen-bond donors (Lipinski definition) is 0. The molecule has 0 aliphatic heterocycles. The highest BCUT2D eigenvalue weighted by Gasteiger charge is 2.20. The summed E-state index contributed by atoms with van der Waals surface area (Å²) < 4.78 is 36.5. The van der Waals surface area contributed by atoms with Crippen molar-refractivity contribution in [2.75, 3.05) is 6.61 Å². The number of benzene rings is 2. The molecule has 0 N–H and O–H groups in total. The third-order valence-corrected chi connectivity index (χ3v) is 6.96. The highest BCUT2D eigenvalue weighted by molar-refractivity contribution is 7.90. The fourth-order valence-electron chi connectivity index (χ4n) is 3.89. The van der Waals surface area contributed by atoms with E-state index in [4.69, 9.17) is 4.74 Å². The second-order valence-electron chi connectivity index (χ2n) is 8.88. The first-order chi connectivity index (χ1) is 16.7. The number of unbranched alkanes of at least 4 members (excludes halogenated alkanes) is 1. The lowest BCUT2D eigenvalue weighted by Gasteiger charge is -2.15. The minimum atomic E-state index is -4.24. The lowest BCUT2D eigenvalue weighted by Crippen LogP contribution is -2.23. The van der Waals surface area contributed by atoms with Crippen molar-refractivity contribution in [3.8, 4) is 11.1 Å². The molecule has 0 spiro atoms. The van der Waals surface area contributed by atoms with E-state index in [-0.39, 0.29) is 11.5 Å². The molecule has 0 atom stereocenters. The van der Waals surface area contributed by atoms with E-state index < -0.39 is 16.1 Å². The van der Waals surface area contributed by atoms with Crippen LogP contribution in [0.3, 0.4) is 0 Å². The standard InChI is InChI=1S/C27H35N3O4S/c1-5-7-17-34-27(31)29-35(32,33)25-14-11-21(8-6-2)18-24(25)23-12-9-22(10-13-23)19-30-16-15-28-26(30)20(3)4/h9-16,18,20H,5-8,17,19H2,1-4H3,(H,29,31)/p-1. The van der Waals surface area contributed by atoms with Crippen LogP contribution in [0.2, 0.25) is 0 Å². The molecule has 0 radical (unpaired) electrons. The van der Waals surface area contributed by atoms with E-state index in [9.17, 15) is 13.5 Å². The summed E-state index contributed by atoms with van der Waals surface area (Å²) in [7, 11) is -4.24. The summed E-state index contributed by atoms with van der Waals surface area (Å²) in [6.45, 7) is 9.06. The molecule has 7 nitrogen and oxygen atoms in total. The van der Waals surface area contributed by atoms with Crippen molar-refractivity contribution in [2.24, 2.45) is 4.40 Å². The van der Waals surface area contributed by atoms with Crippen LogP contribution in [-0.2, 0) is 27.7 Å². The van der Waals surface area contributed by atoms with Gasteiger partial charge in [0.2, 0.25) is 0 Å². The number of aryl methyl sites for hydroxylation is 1. The maximum absolute atomic E-state index is 13.0. The summed E-state index contributed by atoms with van der Waals surface area (Å²) >= 11 is 0. The Bertz CT molecular complexity index is 1250. The van der Waals surface area contributed by atoms with E-state index in [1.54, 1.807) is 12.3 Å². The van der Waals surface area contributed by atoms with Crippen LogP contribution in [0.15, 0.2) is 64.2 Å². The van der Waals surface area contributed by atoms with Gasteiger partial charge in [0.15, 0.2) is 6.08 Å². The van der Waals surface area contributed by atoms with Gasteiger partial charge in [-0.05, 0) is 48.3 Å². The van der Waals surface area contributed by atoms with E-state index in [1.165, 1.54) is 6.07 Å². The minimum absolute atomic E-state index is 0.00533. The quantitative estimate of drug-likeness (QED) is 0.214. The number of imidazole rings is 1. The Hall–Kier alpha value is -3.13. The molecular weight excluding hydrogens is 462 g/mol. The van der Waals surface area contributed by atoms with E-state index in [0.717, 1.165) is 41.8 Å². The monoisotopic (exact) mass is 496 g/mol. The fourth-order valence-corrected chi connectivity index (χ4v) is 4.93. The van der Waals surface area contributed by atoms with E-state index in [2.05, 4.69) is 34.7 Å². The zero-order valence-corrected chi connectivity index (χ0v) is 21.7. The normalized spacial score (nSPS) is 12.3. The predicted octanol–water partition coefficient (Wildman–Crippen LogP) is 4.90. The topological polar surface area (TPSA) is 96.6 Å². The number of nitrogens with zero attached hydrogens (tertiary/aromatic N) is 3.